The number of carbonyl (C=O) groups is 1. The van der Waals surface area contributed by atoms with Crippen LogP contribution in [0.15, 0.2) is 59.6 Å². The highest BCUT2D eigenvalue weighted by atomic mass is 127. The molecule has 1 saturated heterocycles. The zero-order valence-corrected chi connectivity index (χ0v) is 20.8. The lowest BCUT2D eigenvalue weighted by Gasteiger charge is -2.38. The minimum Gasteiger partial charge on any atom is -0.495 e. The number of nitrogens with zero attached hydrogens (tertiary/aromatic N) is 4. The van der Waals surface area contributed by atoms with Crippen LogP contribution < -0.4 is 15.0 Å². The summed E-state index contributed by atoms with van der Waals surface area (Å²) in [6.07, 6.45) is 0. The number of guanidine groups is 1. The zero-order chi connectivity index (χ0) is 21.3. The fourth-order valence-electron chi connectivity index (χ4n) is 3.38. The van der Waals surface area contributed by atoms with E-state index in [1.54, 1.807) is 26.1 Å². The number of anilines is 1. The minimum absolute atomic E-state index is 0. The van der Waals surface area contributed by atoms with Crippen LogP contribution in [-0.2, 0) is 11.3 Å². The molecule has 0 bridgehead atoms. The highest BCUT2D eigenvalue weighted by Gasteiger charge is 2.22. The summed E-state index contributed by atoms with van der Waals surface area (Å²) < 4.78 is 5.51. The number of methoxy groups -OCH3 is 1. The molecule has 1 aliphatic heterocycles. The quantitative estimate of drug-likeness (QED) is 0.349. The van der Waals surface area contributed by atoms with Crippen LogP contribution in [0.3, 0.4) is 0 Å². The van der Waals surface area contributed by atoms with E-state index in [4.69, 9.17) is 9.73 Å². The van der Waals surface area contributed by atoms with E-state index < -0.39 is 0 Å². The molecule has 1 N–H and O–H groups in total. The van der Waals surface area contributed by atoms with Gasteiger partial charge in [0, 0.05) is 40.3 Å². The maximum Gasteiger partial charge on any atom is 0.241 e. The number of para-hydroxylation sites is 2. The van der Waals surface area contributed by atoms with Crippen molar-refractivity contribution in [2.75, 3.05) is 58.8 Å². The normalized spacial score (nSPS) is 14.0. The fraction of sp³-hybridized carbons (Fsp3) is 0.391. The lowest BCUT2D eigenvalue weighted by atomic mass is 10.2. The predicted octanol–water partition coefficient (Wildman–Crippen LogP) is 2.67. The molecule has 2 aromatic rings. The lowest BCUT2D eigenvalue weighted by molar-refractivity contribution is -0.127. The molecule has 8 heteroatoms. The first-order valence-electron chi connectivity index (χ1n) is 10.2. The van der Waals surface area contributed by atoms with Crippen molar-refractivity contribution in [2.45, 2.75) is 6.54 Å². The first-order valence-corrected chi connectivity index (χ1v) is 10.2. The SMILES string of the molecule is COc1ccccc1N1CCN(C(=NCc2ccccc2)NCC(=O)N(C)C)CC1.I. The maximum absolute atomic E-state index is 12.1. The minimum atomic E-state index is 0. The van der Waals surface area contributed by atoms with Crippen LogP contribution in [0.1, 0.15) is 5.56 Å². The summed E-state index contributed by atoms with van der Waals surface area (Å²) >= 11 is 0. The molecule has 7 nitrogen and oxygen atoms in total. The number of halogens is 1. The second-order valence-electron chi connectivity index (χ2n) is 7.41. The Morgan fingerprint density at radius 2 is 1.68 bits per heavy atom. The van der Waals surface area contributed by atoms with E-state index in [-0.39, 0.29) is 36.4 Å². The van der Waals surface area contributed by atoms with Gasteiger partial charge in [-0.3, -0.25) is 4.79 Å². The summed E-state index contributed by atoms with van der Waals surface area (Å²) in [5, 5.41) is 3.26. The van der Waals surface area contributed by atoms with Crippen LogP contribution >= 0.6 is 24.0 Å². The molecule has 1 fully saturated rings. The van der Waals surface area contributed by atoms with Crippen molar-refractivity contribution in [1.82, 2.24) is 15.1 Å². The summed E-state index contributed by atoms with van der Waals surface area (Å²) in [6.45, 7) is 4.14. The Labute approximate surface area is 202 Å². The molecule has 0 aliphatic carbocycles. The fourth-order valence-corrected chi connectivity index (χ4v) is 3.38. The van der Waals surface area contributed by atoms with Crippen LogP contribution in [0.4, 0.5) is 5.69 Å². The van der Waals surface area contributed by atoms with Gasteiger partial charge in [-0.15, -0.1) is 24.0 Å². The molecule has 1 amide bonds. The van der Waals surface area contributed by atoms with E-state index in [0.717, 1.165) is 49.1 Å². The number of amides is 1. The Morgan fingerprint density at radius 1 is 1.03 bits per heavy atom. The van der Waals surface area contributed by atoms with E-state index in [2.05, 4.69) is 33.3 Å². The second kappa shape index (κ2) is 12.4. The van der Waals surface area contributed by atoms with Gasteiger partial charge in [-0.2, -0.15) is 0 Å². The van der Waals surface area contributed by atoms with Crippen molar-refractivity contribution >= 4 is 41.5 Å². The van der Waals surface area contributed by atoms with Gasteiger partial charge in [0.15, 0.2) is 5.96 Å². The number of benzene rings is 2. The molecule has 0 atom stereocenters. The summed E-state index contributed by atoms with van der Waals surface area (Å²) in [5.74, 6) is 1.68. The average Bonchev–Trinajstić information content (AvgIpc) is 2.79. The van der Waals surface area contributed by atoms with Crippen molar-refractivity contribution in [2.24, 2.45) is 4.99 Å². The molecule has 1 aliphatic rings. The number of aliphatic imine (C=N–C) groups is 1. The van der Waals surface area contributed by atoms with Gasteiger partial charge in [-0.05, 0) is 17.7 Å². The molecular formula is C23H32IN5O2. The molecule has 0 radical (unpaired) electrons. The van der Waals surface area contributed by atoms with Crippen LogP contribution in [-0.4, -0.2) is 75.6 Å². The van der Waals surface area contributed by atoms with Gasteiger partial charge >= 0.3 is 0 Å². The highest BCUT2D eigenvalue weighted by Crippen LogP contribution is 2.28. The molecule has 168 valence electrons. The third-order valence-electron chi connectivity index (χ3n) is 5.16. The number of likely N-dealkylation sites (N-methyl/N-ethyl adjacent to an activating group) is 1. The number of hydrogen-bond donors (Lipinski definition) is 1. The third-order valence-corrected chi connectivity index (χ3v) is 5.16. The monoisotopic (exact) mass is 537 g/mol. The lowest BCUT2D eigenvalue weighted by Crippen LogP contribution is -2.53. The molecular weight excluding hydrogens is 505 g/mol. The number of carbonyl (C=O) groups excluding carboxylic acids is 1. The van der Waals surface area contributed by atoms with Crippen molar-refractivity contribution in [1.29, 1.82) is 0 Å². The van der Waals surface area contributed by atoms with Crippen LogP contribution in [0.5, 0.6) is 5.75 Å². The van der Waals surface area contributed by atoms with Crippen molar-refractivity contribution < 1.29 is 9.53 Å². The summed E-state index contributed by atoms with van der Waals surface area (Å²) in [6, 6.07) is 18.2. The largest absolute Gasteiger partial charge is 0.495 e. The molecule has 31 heavy (non-hydrogen) atoms. The van der Waals surface area contributed by atoms with Crippen molar-refractivity contribution in [3.63, 3.8) is 0 Å². The van der Waals surface area contributed by atoms with E-state index in [1.807, 2.05) is 36.4 Å². The number of nitrogens with one attached hydrogen (secondary N) is 1. The predicted molar refractivity (Wildman–Crippen MR) is 136 cm³/mol. The third kappa shape index (κ3) is 7.02. The van der Waals surface area contributed by atoms with E-state index in [1.165, 1.54) is 0 Å². The maximum atomic E-state index is 12.1. The van der Waals surface area contributed by atoms with E-state index in [9.17, 15) is 4.79 Å². The second-order valence-corrected chi connectivity index (χ2v) is 7.41. The van der Waals surface area contributed by atoms with Crippen LogP contribution in [0, 0.1) is 0 Å². The van der Waals surface area contributed by atoms with E-state index >= 15 is 0 Å². The number of ether oxygens (including phenoxy) is 1. The van der Waals surface area contributed by atoms with Crippen LogP contribution in [0.25, 0.3) is 0 Å². The molecule has 2 aromatic carbocycles. The van der Waals surface area contributed by atoms with E-state index in [0.29, 0.717) is 6.54 Å². The highest BCUT2D eigenvalue weighted by molar-refractivity contribution is 14.0. The first kappa shape index (κ1) is 24.8. The smallest absolute Gasteiger partial charge is 0.241 e. The Hall–Kier alpha value is -2.49. The molecule has 0 unspecified atom stereocenters. The van der Waals surface area contributed by atoms with Crippen LogP contribution in [0.2, 0.25) is 0 Å². The Bertz CT molecular complexity index is 852. The van der Waals surface area contributed by atoms with Gasteiger partial charge in [-0.25, -0.2) is 4.99 Å². The summed E-state index contributed by atoms with van der Waals surface area (Å²) in [4.78, 5) is 23.0. The van der Waals surface area contributed by atoms with Gasteiger partial charge in [0.25, 0.3) is 0 Å². The number of rotatable bonds is 6. The number of piperazine rings is 1. The number of hydrogen-bond acceptors (Lipinski definition) is 4. The topological polar surface area (TPSA) is 60.4 Å². The van der Waals surface area contributed by atoms with Gasteiger partial charge in [0.1, 0.15) is 5.75 Å². The molecule has 0 spiro atoms. The van der Waals surface area contributed by atoms with Gasteiger partial charge in [0.05, 0.1) is 25.9 Å². The van der Waals surface area contributed by atoms with Gasteiger partial charge in [-0.1, -0.05) is 42.5 Å². The molecule has 3 rings (SSSR count). The standard InChI is InChI=1S/C23H31N5O2.HI/c1-26(2)22(29)18-25-23(24-17-19-9-5-4-6-10-19)28-15-13-27(14-16-28)20-11-7-8-12-21(20)30-3;/h4-12H,13-18H2,1-3H3,(H,24,25);1H. The Kier molecular flexibility index (Phi) is 9.90. The molecule has 0 aromatic heterocycles. The first-order chi connectivity index (χ1) is 14.6. The zero-order valence-electron chi connectivity index (χ0n) is 18.5. The van der Waals surface area contributed by atoms with Crippen molar-refractivity contribution in [3.8, 4) is 5.75 Å². The summed E-state index contributed by atoms with van der Waals surface area (Å²) in [5.41, 5.74) is 2.25. The van der Waals surface area contributed by atoms with Gasteiger partial charge < -0.3 is 24.8 Å². The average molecular weight is 537 g/mol. The summed E-state index contributed by atoms with van der Waals surface area (Å²) in [7, 11) is 5.22. The van der Waals surface area contributed by atoms with Crippen molar-refractivity contribution in [3.05, 3.63) is 60.2 Å². The molecule has 1 heterocycles. The molecule has 0 saturated carbocycles. The Balaban J connectivity index is 0.00000341. The van der Waals surface area contributed by atoms with Gasteiger partial charge in [0.2, 0.25) is 5.91 Å². The Morgan fingerprint density at radius 3 is 2.32 bits per heavy atom.